The molecule has 0 saturated carbocycles. The fraction of sp³-hybridized carbons (Fsp3) is 0.444. The largest absolute Gasteiger partial charge is 0.355 e. The van der Waals surface area contributed by atoms with Crippen molar-refractivity contribution in [2.75, 3.05) is 36.4 Å². The Morgan fingerprint density at radius 2 is 1.91 bits per heavy atom. The van der Waals surface area contributed by atoms with Gasteiger partial charge in [-0.2, -0.15) is 0 Å². The van der Waals surface area contributed by atoms with Gasteiger partial charge in [0.05, 0.1) is 6.04 Å². The van der Waals surface area contributed by atoms with Crippen molar-refractivity contribution in [1.29, 1.82) is 0 Å². The van der Waals surface area contributed by atoms with Crippen molar-refractivity contribution in [3.8, 4) is 0 Å². The standard InChI is InChI=1S/C27H32N4O3S/c1-18(30-12-4-5-13-30)26(33)29-21-8-10-22(11-9-21)31-17-19(14-25(31)32)16-28-27(34)24-15-20-6-2-3-7-23(20)35-24/h2-3,6-11,15,18-19,23-24H,4-5,12-14,16-17H2,1H3,(H,28,34)(H,29,33). The van der Waals surface area contributed by atoms with Gasteiger partial charge in [-0.15, -0.1) is 11.8 Å². The second-order valence-corrected chi connectivity index (χ2v) is 11.0. The average molecular weight is 493 g/mol. The van der Waals surface area contributed by atoms with Gasteiger partial charge in [-0.05, 0) is 62.7 Å². The van der Waals surface area contributed by atoms with Crippen LogP contribution >= 0.6 is 11.8 Å². The van der Waals surface area contributed by atoms with Crippen molar-refractivity contribution in [2.45, 2.75) is 42.7 Å². The topological polar surface area (TPSA) is 81.8 Å². The number of allylic oxidation sites excluding steroid dienone is 3. The van der Waals surface area contributed by atoms with Crippen LogP contribution in [0.2, 0.25) is 0 Å². The maximum atomic E-state index is 12.7. The van der Waals surface area contributed by atoms with Gasteiger partial charge >= 0.3 is 0 Å². The maximum Gasteiger partial charge on any atom is 0.241 e. The quantitative estimate of drug-likeness (QED) is 0.611. The summed E-state index contributed by atoms with van der Waals surface area (Å²) in [5.41, 5.74) is 2.73. The number of hydrogen-bond acceptors (Lipinski definition) is 5. The zero-order valence-corrected chi connectivity index (χ0v) is 20.8. The molecule has 3 heterocycles. The second-order valence-electron chi connectivity index (χ2n) is 9.66. The van der Waals surface area contributed by atoms with Gasteiger partial charge in [-0.1, -0.05) is 30.4 Å². The molecule has 4 atom stereocenters. The van der Waals surface area contributed by atoms with Gasteiger partial charge in [-0.3, -0.25) is 19.3 Å². The van der Waals surface area contributed by atoms with E-state index < -0.39 is 0 Å². The monoisotopic (exact) mass is 492 g/mol. The van der Waals surface area contributed by atoms with E-state index in [0.29, 0.717) is 19.5 Å². The third kappa shape index (κ3) is 5.38. The van der Waals surface area contributed by atoms with E-state index in [0.717, 1.165) is 37.3 Å². The van der Waals surface area contributed by atoms with Gasteiger partial charge in [-0.25, -0.2) is 0 Å². The van der Waals surface area contributed by atoms with Crippen molar-refractivity contribution in [3.05, 3.63) is 60.2 Å². The Morgan fingerprint density at radius 1 is 1.14 bits per heavy atom. The molecule has 7 nitrogen and oxygen atoms in total. The van der Waals surface area contributed by atoms with Gasteiger partial charge in [0.1, 0.15) is 5.25 Å². The Bertz CT molecular complexity index is 1070. The minimum Gasteiger partial charge on any atom is -0.355 e. The van der Waals surface area contributed by atoms with Gasteiger partial charge in [0.2, 0.25) is 17.7 Å². The number of fused-ring (bicyclic) bond motifs is 1. The number of rotatable bonds is 7. The predicted molar refractivity (Wildman–Crippen MR) is 140 cm³/mol. The summed E-state index contributed by atoms with van der Waals surface area (Å²) in [7, 11) is 0. The molecule has 1 aromatic rings. The Kier molecular flexibility index (Phi) is 7.11. The summed E-state index contributed by atoms with van der Waals surface area (Å²) in [5, 5.41) is 6.11. The highest BCUT2D eigenvalue weighted by Crippen LogP contribution is 2.36. The van der Waals surface area contributed by atoms with Crippen LogP contribution in [0.15, 0.2) is 60.2 Å². The highest BCUT2D eigenvalue weighted by atomic mass is 32.2. The number of likely N-dealkylation sites (tertiary alicyclic amines) is 1. The van der Waals surface area contributed by atoms with E-state index in [2.05, 4.69) is 27.7 Å². The Labute approximate surface area is 210 Å². The molecular formula is C27H32N4O3S. The SMILES string of the molecule is CC(C(=O)Nc1ccc(N2CC(CNC(=O)C3C=C4C=CC=CC4S3)CC2=O)cc1)N1CCCC1. The van der Waals surface area contributed by atoms with Crippen LogP contribution in [0, 0.1) is 5.92 Å². The molecule has 8 heteroatoms. The third-order valence-electron chi connectivity index (χ3n) is 7.19. The third-order valence-corrected chi connectivity index (χ3v) is 8.56. The molecule has 0 bridgehead atoms. The molecule has 1 aromatic carbocycles. The molecule has 3 amide bonds. The van der Waals surface area contributed by atoms with Crippen LogP contribution in [0.3, 0.4) is 0 Å². The van der Waals surface area contributed by atoms with Crippen LogP contribution < -0.4 is 15.5 Å². The van der Waals surface area contributed by atoms with E-state index in [1.54, 1.807) is 16.7 Å². The normalized spacial score (nSPS) is 26.5. The van der Waals surface area contributed by atoms with Crippen molar-refractivity contribution >= 4 is 40.9 Å². The van der Waals surface area contributed by atoms with Crippen LogP contribution in [0.25, 0.3) is 0 Å². The minimum absolute atomic E-state index is 0.00456. The van der Waals surface area contributed by atoms with Crippen molar-refractivity contribution < 1.29 is 14.4 Å². The average Bonchev–Trinajstić information content (AvgIpc) is 3.62. The molecule has 0 radical (unpaired) electrons. The van der Waals surface area contributed by atoms with Crippen LogP contribution in [0.4, 0.5) is 11.4 Å². The number of hydrogen-bond donors (Lipinski definition) is 2. The van der Waals surface area contributed by atoms with Crippen LogP contribution in [0.5, 0.6) is 0 Å². The lowest BCUT2D eigenvalue weighted by atomic mass is 10.1. The highest BCUT2D eigenvalue weighted by Gasteiger charge is 2.33. The first-order valence-electron chi connectivity index (χ1n) is 12.4. The number of amides is 3. The minimum atomic E-state index is -0.188. The van der Waals surface area contributed by atoms with Crippen molar-refractivity contribution in [2.24, 2.45) is 5.92 Å². The van der Waals surface area contributed by atoms with Gasteiger partial charge in [0.15, 0.2) is 0 Å². The zero-order valence-electron chi connectivity index (χ0n) is 20.0. The highest BCUT2D eigenvalue weighted by molar-refractivity contribution is 8.02. The maximum absolute atomic E-state index is 12.7. The Hall–Kier alpha value is -2.84. The fourth-order valence-corrected chi connectivity index (χ4v) is 6.36. The lowest BCUT2D eigenvalue weighted by molar-refractivity contribution is -0.121. The van der Waals surface area contributed by atoms with Crippen molar-refractivity contribution in [1.82, 2.24) is 10.2 Å². The van der Waals surface area contributed by atoms with Crippen LogP contribution in [-0.4, -0.2) is 65.3 Å². The molecular weight excluding hydrogens is 460 g/mol. The first kappa shape index (κ1) is 23.9. The first-order valence-corrected chi connectivity index (χ1v) is 13.4. The molecule has 35 heavy (non-hydrogen) atoms. The van der Waals surface area contributed by atoms with E-state index in [1.165, 1.54) is 5.57 Å². The Balaban J connectivity index is 1.11. The number of benzene rings is 1. The molecule has 3 aliphatic heterocycles. The summed E-state index contributed by atoms with van der Waals surface area (Å²) >= 11 is 1.64. The molecule has 1 aliphatic carbocycles. The second kappa shape index (κ2) is 10.4. The lowest BCUT2D eigenvalue weighted by Crippen LogP contribution is -2.40. The molecule has 0 spiro atoms. The van der Waals surface area contributed by atoms with E-state index in [9.17, 15) is 14.4 Å². The number of carbonyl (C=O) groups excluding carboxylic acids is 3. The van der Waals surface area contributed by atoms with Gasteiger partial charge in [0.25, 0.3) is 0 Å². The summed E-state index contributed by atoms with van der Waals surface area (Å²) < 4.78 is 0. The summed E-state index contributed by atoms with van der Waals surface area (Å²) in [5.74, 6) is 0.138. The molecule has 4 aliphatic rings. The van der Waals surface area contributed by atoms with Crippen molar-refractivity contribution in [3.63, 3.8) is 0 Å². The van der Waals surface area contributed by atoms with Crippen LogP contribution in [0.1, 0.15) is 26.2 Å². The van der Waals surface area contributed by atoms with E-state index >= 15 is 0 Å². The number of nitrogens with zero attached hydrogens (tertiary/aromatic N) is 2. The predicted octanol–water partition coefficient (Wildman–Crippen LogP) is 3.11. The molecule has 5 rings (SSSR count). The van der Waals surface area contributed by atoms with E-state index in [4.69, 9.17) is 0 Å². The summed E-state index contributed by atoms with van der Waals surface area (Å²) in [6.07, 6.45) is 12.9. The number of thioether (sulfide) groups is 1. The molecule has 2 N–H and O–H groups in total. The lowest BCUT2D eigenvalue weighted by Gasteiger charge is -2.23. The molecule has 4 unspecified atom stereocenters. The molecule has 2 fully saturated rings. The smallest absolute Gasteiger partial charge is 0.241 e. The first-order chi connectivity index (χ1) is 17.0. The fourth-order valence-electron chi connectivity index (χ4n) is 5.10. The Morgan fingerprint density at radius 3 is 2.66 bits per heavy atom. The molecule has 0 aromatic heterocycles. The summed E-state index contributed by atoms with van der Waals surface area (Å²) in [6.45, 7) is 4.95. The van der Waals surface area contributed by atoms with E-state index in [-0.39, 0.29) is 40.2 Å². The molecule has 2 saturated heterocycles. The zero-order chi connectivity index (χ0) is 24.4. The number of anilines is 2. The van der Waals surface area contributed by atoms with Gasteiger partial charge in [0, 0.05) is 42.1 Å². The molecule has 184 valence electrons. The van der Waals surface area contributed by atoms with Crippen LogP contribution in [-0.2, 0) is 14.4 Å². The summed E-state index contributed by atoms with van der Waals surface area (Å²) in [6, 6.07) is 7.29. The number of carbonyl (C=O) groups is 3. The number of nitrogens with one attached hydrogen (secondary N) is 2. The van der Waals surface area contributed by atoms with E-state index in [1.807, 2.05) is 49.4 Å². The van der Waals surface area contributed by atoms with Gasteiger partial charge < -0.3 is 15.5 Å². The summed E-state index contributed by atoms with van der Waals surface area (Å²) in [4.78, 5) is 41.9.